The van der Waals surface area contributed by atoms with Crippen molar-refractivity contribution in [3.05, 3.63) is 0 Å². The minimum Gasteiger partial charge on any atom is -0.394 e. The van der Waals surface area contributed by atoms with E-state index in [4.69, 9.17) is 19.3 Å². The third-order valence-corrected chi connectivity index (χ3v) is 4.54. The summed E-state index contributed by atoms with van der Waals surface area (Å²) in [7, 11) is 0. The van der Waals surface area contributed by atoms with E-state index >= 15 is 0 Å². The van der Waals surface area contributed by atoms with Crippen LogP contribution in [0, 0.1) is 0 Å². The molecule has 1 unspecified atom stereocenters. The van der Waals surface area contributed by atoms with Crippen molar-refractivity contribution in [2.24, 2.45) is 0 Å². The summed E-state index contributed by atoms with van der Waals surface area (Å²) < 4.78 is 15.6. The van der Waals surface area contributed by atoms with Crippen LogP contribution in [-0.2, 0) is 14.2 Å². The Hall–Kier alpha value is -0.440. The Balaban J connectivity index is 2.22. The van der Waals surface area contributed by atoms with E-state index in [1.54, 1.807) is 0 Å². The minimum atomic E-state index is -2.23. The zero-order chi connectivity index (χ0) is 18.3. The first kappa shape index (κ1) is 19.9. The number of rotatable bonds is 5. The van der Waals surface area contributed by atoms with E-state index in [0.717, 1.165) is 6.92 Å². The second-order valence-corrected chi connectivity index (χ2v) is 6.20. The molecule has 0 aliphatic carbocycles. The van der Waals surface area contributed by atoms with Crippen LogP contribution in [0.2, 0.25) is 0 Å². The molecule has 0 radical (unpaired) electrons. The summed E-state index contributed by atoms with van der Waals surface area (Å²) >= 11 is 0. The van der Waals surface area contributed by atoms with E-state index < -0.39 is 74.1 Å². The van der Waals surface area contributed by atoms with Crippen LogP contribution in [0.25, 0.3) is 0 Å². The molecule has 2 aliphatic heterocycles. The third kappa shape index (κ3) is 3.06. The van der Waals surface area contributed by atoms with E-state index in [1.165, 1.54) is 0 Å². The zero-order valence-electron chi connectivity index (χ0n) is 13.0. The quantitative estimate of drug-likeness (QED) is 0.235. The smallest absolute Gasteiger partial charge is 0.224 e. The van der Waals surface area contributed by atoms with E-state index in [9.17, 15) is 35.7 Å². The van der Waals surface area contributed by atoms with Gasteiger partial charge in [0.15, 0.2) is 6.29 Å². The van der Waals surface area contributed by atoms with Gasteiger partial charge in [0.05, 0.1) is 13.2 Å². The first-order valence-electron chi connectivity index (χ1n) is 7.43. The number of ether oxygens (including phenoxy) is 3. The summed E-state index contributed by atoms with van der Waals surface area (Å²) in [6.07, 6.45) is -11.3. The molecule has 142 valence electrons. The Morgan fingerprint density at radius 1 is 0.958 bits per heavy atom. The Labute approximate surface area is 137 Å². The van der Waals surface area contributed by atoms with E-state index in [2.05, 4.69) is 0 Å². The fourth-order valence-electron chi connectivity index (χ4n) is 2.86. The summed E-state index contributed by atoms with van der Waals surface area (Å²) in [5.41, 5.74) is -1.98. The largest absolute Gasteiger partial charge is 0.394 e. The average Bonchev–Trinajstić information content (AvgIpc) is 2.80. The standard InChI is InChI=1S/C13H24O11/c1-12(21)6(3-15)22-11(8(18)9(12)19)24-13(4-16)10(20)7(17)5(2-14)23-13/h5-11,14-21H,2-4H2,1H3/t5-,6-,7-,8-,9-,10+,11-,12-,13?/m1/s1. The van der Waals surface area contributed by atoms with Crippen molar-refractivity contribution < 1.29 is 55.1 Å². The third-order valence-electron chi connectivity index (χ3n) is 4.54. The fraction of sp³-hybridized carbons (Fsp3) is 1.00. The van der Waals surface area contributed by atoms with Gasteiger partial charge in [0, 0.05) is 0 Å². The SMILES string of the molecule is C[C@]1(O)[C@H](O)[C@@H](O)[C@@H](OC2(CO)O[C@H](CO)[C@@H](O)[C@@H]2O)O[C@@H]1CO. The monoisotopic (exact) mass is 356 g/mol. The summed E-state index contributed by atoms with van der Waals surface area (Å²) in [6, 6.07) is 0. The molecule has 11 heteroatoms. The number of aliphatic hydroxyl groups is 8. The van der Waals surface area contributed by atoms with Crippen molar-refractivity contribution in [3.8, 4) is 0 Å². The van der Waals surface area contributed by atoms with Crippen LogP contribution >= 0.6 is 0 Å². The zero-order valence-corrected chi connectivity index (χ0v) is 13.0. The molecule has 2 saturated heterocycles. The maximum atomic E-state index is 10.1. The van der Waals surface area contributed by atoms with Crippen LogP contribution < -0.4 is 0 Å². The molecule has 0 bridgehead atoms. The molecule has 2 heterocycles. The summed E-state index contributed by atoms with van der Waals surface area (Å²) in [5.74, 6) is -2.23. The molecular formula is C13H24O11. The molecule has 0 aromatic rings. The van der Waals surface area contributed by atoms with Gasteiger partial charge >= 0.3 is 0 Å². The first-order chi connectivity index (χ1) is 11.1. The van der Waals surface area contributed by atoms with Gasteiger partial charge in [0.1, 0.15) is 48.8 Å². The van der Waals surface area contributed by atoms with Crippen molar-refractivity contribution in [2.45, 2.75) is 61.2 Å². The Morgan fingerprint density at radius 3 is 2.04 bits per heavy atom. The van der Waals surface area contributed by atoms with Gasteiger partial charge in [0.25, 0.3) is 0 Å². The highest BCUT2D eigenvalue weighted by molar-refractivity contribution is 5.01. The Kier molecular flexibility index (Phi) is 5.84. The van der Waals surface area contributed by atoms with Crippen molar-refractivity contribution in [2.75, 3.05) is 19.8 Å². The Morgan fingerprint density at radius 2 is 1.58 bits per heavy atom. The molecule has 2 fully saturated rings. The molecule has 0 amide bonds. The Bertz CT molecular complexity index is 428. The second kappa shape index (κ2) is 7.05. The predicted molar refractivity (Wildman–Crippen MR) is 73.3 cm³/mol. The van der Waals surface area contributed by atoms with E-state index in [-0.39, 0.29) is 0 Å². The first-order valence-corrected chi connectivity index (χ1v) is 7.43. The molecule has 9 atom stereocenters. The van der Waals surface area contributed by atoms with E-state index in [0.29, 0.717) is 0 Å². The highest BCUT2D eigenvalue weighted by Crippen LogP contribution is 2.37. The van der Waals surface area contributed by atoms with Gasteiger partial charge in [-0.1, -0.05) is 0 Å². The molecule has 0 aromatic heterocycles. The molecule has 11 nitrogen and oxygen atoms in total. The van der Waals surface area contributed by atoms with Gasteiger partial charge in [-0.2, -0.15) is 0 Å². The molecule has 2 rings (SSSR count). The van der Waals surface area contributed by atoms with Crippen molar-refractivity contribution in [1.29, 1.82) is 0 Å². The maximum Gasteiger partial charge on any atom is 0.224 e. The van der Waals surface area contributed by atoms with Gasteiger partial charge < -0.3 is 55.1 Å². The fourth-order valence-corrected chi connectivity index (χ4v) is 2.86. The van der Waals surface area contributed by atoms with Gasteiger partial charge in [0.2, 0.25) is 5.79 Å². The van der Waals surface area contributed by atoms with Crippen LogP contribution in [-0.4, -0.2) is 115 Å². The molecule has 0 saturated carbocycles. The summed E-state index contributed by atoms with van der Waals surface area (Å²) in [6.45, 7) is -1.21. The normalized spacial score (nSPS) is 52.6. The average molecular weight is 356 g/mol. The topological polar surface area (TPSA) is 190 Å². The van der Waals surface area contributed by atoms with Crippen LogP contribution in [0.15, 0.2) is 0 Å². The van der Waals surface area contributed by atoms with Crippen LogP contribution in [0.5, 0.6) is 0 Å². The molecule has 0 spiro atoms. The lowest BCUT2D eigenvalue weighted by Gasteiger charge is -2.47. The molecule has 0 aromatic carbocycles. The van der Waals surface area contributed by atoms with Gasteiger partial charge in [-0.25, -0.2) is 0 Å². The predicted octanol–water partition coefficient (Wildman–Crippen LogP) is -5.01. The highest BCUT2D eigenvalue weighted by atomic mass is 16.8. The van der Waals surface area contributed by atoms with Crippen molar-refractivity contribution in [1.82, 2.24) is 0 Å². The lowest BCUT2D eigenvalue weighted by Crippen LogP contribution is -2.67. The number of aliphatic hydroxyl groups excluding tert-OH is 7. The molecule has 24 heavy (non-hydrogen) atoms. The maximum absolute atomic E-state index is 10.1. The van der Waals surface area contributed by atoms with Crippen LogP contribution in [0.4, 0.5) is 0 Å². The number of hydrogen-bond acceptors (Lipinski definition) is 11. The van der Waals surface area contributed by atoms with Crippen molar-refractivity contribution >= 4 is 0 Å². The van der Waals surface area contributed by atoms with Crippen molar-refractivity contribution in [3.63, 3.8) is 0 Å². The van der Waals surface area contributed by atoms with Gasteiger partial charge in [-0.05, 0) is 6.92 Å². The number of hydrogen-bond donors (Lipinski definition) is 8. The van der Waals surface area contributed by atoms with Gasteiger partial charge in [-0.3, -0.25) is 0 Å². The minimum absolute atomic E-state index is 0.673. The van der Waals surface area contributed by atoms with E-state index in [1.807, 2.05) is 0 Å². The molecule has 8 N–H and O–H groups in total. The molecule has 2 aliphatic rings. The lowest BCUT2D eigenvalue weighted by atomic mass is 9.86. The summed E-state index contributed by atoms with van der Waals surface area (Å²) in [5, 5.41) is 77.9. The van der Waals surface area contributed by atoms with Crippen LogP contribution in [0.3, 0.4) is 0 Å². The highest BCUT2D eigenvalue weighted by Gasteiger charge is 2.59. The second-order valence-electron chi connectivity index (χ2n) is 6.20. The molecular weight excluding hydrogens is 332 g/mol. The van der Waals surface area contributed by atoms with Gasteiger partial charge in [-0.15, -0.1) is 0 Å². The van der Waals surface area contributed by atoms with Crippen LogP contribution in [0.1, 0.15) is 6.92 Å². The lowest BCUT2D eigenvalue weighted by molar-refractivity contribution is -0.394. The summed E-state index contributed by atoms with van der Waals surface area (Å²) in [4.78, 5) is 0.